The zero-order chi connectivity index (χ0) is 17.7. The Hall–Kier alpha value is -2.59. The number of halogens is 1. The van der Waals surface area contributed by atoms with Gasteiger partial charge in [0.1, 0.15) is 11.7 Å². The van der Waals surface area contributed by atoms with Crippen LogP contribution >= 0.6 is 12.4 Å². The molecule has 3 N–H and O–H groups in total. The van der Waals surface area contributed by atoms with Crippen LogP contribution in [0.25, 0.3) is 0 Å². The van der Waals surface area contributed by atoms with Crippen LogP contribution in [0.5, 0.6) is 11.5 Å². The number of hydrogen-bond donors (Lipinski definition) is 3. The first-order valence-corrected chi connectivity index (χ1v) is 7.26. The number of carbonyl (C=O) groups excluding carboxylic acids is 1. The fourth-order valence-corrected chi connectivity index (χ4v) is 2.19. The highest BCUT2D eigenvalue weighted by Gasteiger charge is 2.25. The molecule has 10 nitrogen and oxygen atoms in total. The van der Waals surface area contributed by atoms with Gasteiger partial charge in [-0.1, -0.05) is 13.3 Å². The molecule has 0 aliphatic carbocycles. The minimum atomic E-state index is -1.06. The van der Waals surface area contributed by atoms with E-state index in [1.165, 1.54) is 12.1 Å². The summed E-state index contributed by atoms with van der Waals surface area (Å²) < 4.78 is 10.2. The summed E-state index contributed by atoms with van der Waals surface area (Å²) in [5.74, 6) is -1.14. The third-order valence-corrected chi connectivity index (χ3v) is 3.35. The maximum absolute atomic E-state index is 12.0. The van der Waals surface area contributed by atoms with Crippen LogP contribution in [0, 0.1) is 10.1 Å². The number of amides is 1. The molecule has 1 atom stereocenters. The largest absolute Gasteiger partial charge is 0.480 e. The van der Waals surface area contributed by atoms with Gasteiger partial charge in [-0.25, -0.2) is 0 Å². The van der Waals surface area contributed by atoms with Crippen LogP contribution in [-0.2, 0) is 9.59 Å². The van der Waals surface area contributed by atoms with Gasteiger partial charge in [-0.2, -0.15) is 0 Å². The smallest absolute Gasteiger partial charge is 0.320 e. The molecule has 1 aromatic carbocycles. The van der Waals surface area contributed by atoms with Crippen LogP contribution in [0.1, 0.15) is 19.8 Å². The van der Waals surface area contributed by atoms with Crippen molar-refractivity contribution < 1.29 is 29.1 Å². The molecule has 1 unspecified atom stereocenters. The highest BCUT2D eigenvalue weighted by Crippen LogP contribution is 2.40. The number of carboxylic acid groups (broad SMARTS) is 1. The molecule has 0 fully saturated rings. The number of ether oxygens (including phenoxy) is 2. The summed E-state index contributed by atoms with van der Waals surface area (Å²) in [5.41, 5.74) is -0.380. The van der Waals surface area contributed by atoms with Crippen molar-refractivity contribution in [2.45, 2.75) is 25.8 Å². The lowest BCUT2D eigenvalue weighted by atomic mass is 10.1. The first kappa shape index (κ1) is 20.5. The number of anilines is 1. The number of carbonyl (C=O) groups is 2. The minimum Gasteiger partial charge on any atom is -0.480 e. The summed E-state index contributed by atoms with van der Waals surface area (Å²) in [7, 11) is 0. The maximum atomic E-state index is 12.0. The number of nitro benzene ring substituents is 1. The second kappa shape index (κ2) is 9.04. The maximum Gasteiger partial charge on any atom is 0.320 e. The van der Waals surface area contributed by atoms with E-state index in [1.54, 1.807) is 0 Å². The van der Waals surface area contributed by atoms with Gasteiger partial charge >= 0.3 is 5.97 Å². The number of nitrogens with zero attached hydrogens (tertiary/aromatic N) is 1. The fourth-order valence-electron chi connectivity index (χ4n) is 2.19. The van der Waals surface area contributed by atoms with Gasteiger partial charge in [0, 0.05) is 6.07 Å². The lowest BCUT2D eigenvalue weighted by Crippen LogP contribution is -2.41. The van der Waals surface area contributed by atoms with Gasteiger partial charge < -0.3 is 19.9 Å². The van der Waals surface area contributed by atoms with Crippen molar-refractivity contribution in [2.75, 3.05) is 18.7 Å². The molecule has 25 heavy (non-hydrogen) atoms. The van der Waals surface area contributed by atoms with E-state index < -0.39 is 22.8 Å². The average molecular weight is 376 g/mol. The van der Waals surface area contributed by atoms with Gasteiger partial charge in [-0.05, 0) is 6.42 Å². The standard InChI is InChI=1S/C14H17N3O7.ClH/c1-2-3-8(14(19)20)15-6-13(18)16-9-4-11-12(24-7-23-11)5-10(9)17(21)22;/h4-5,8,15H,2-3,6-7H2,1H3,(H,16,18)(H,19,20);1H. The van der Waals surface area contributed by atoms with Crippen molar-refractivity contribution in [2.24, 2.45) is 0 Å². The zero-order valence-corrected chi connectivity index (χ0v) is 14.1. The lowest BCUT2D eigenvalue weighted by molar-refractivity contribution is -0.384. The topological polar surface area (TPSA) is 140 Å². The fraction of sp³-hybridized carbons (Fsp3) is 0.429. The molecular weight excluding hydrogens is 358 g/mol. The van der Waals surface area contributed by atoms with Crippen LogP contribution in [0.15, 0.2) is 12.1 Å². The Labute approximate surface area is 149 Å². The van der Waals surface area contributed by atoms with Gasteiger partial charge in [-0.15, -0.1) is 12.4 Å². The second-order valence-corrected chi connectivity index (χ2v) is 5.09. The van der Waals surface area contributed by atoms with E-state index >= 15 is 0 Å². The summed E-state index contributed by atoms with van der Waals surface area (Å²) in [5, 5.41) is 25.1. The van der Waals surface area contributed by atoms with Crippen molar-refractivity contribution in [3.05, 3.63) is 22.2 Å². The Bertz CT molecular complexity index is 668. The van der Waals surface area contributed by atoms with Gasteiger partial charge in [0.25, 0.3) is 5.69 Å². The number of carboxylic acids is 1. The number of aliphatic carboxylic acids is 1. The van der Waals surface area contributed by atoms with E-state index in [9.17, 15) is 19.7 Å². The molecule has 138 valence electrons. The van der Waals surface area contributed by atoms with Gasteiger partial charge in [-0.3, -0.25) is 25.0 Å². The lowest BCUT2D eigenvalue weighted by Gasteiger charge is -2.13. The van der Waals surface area contributed by atoms with Crippen LogP contribution < -0.4 is 20.1 Å². The molecule has 1 aliphatic rings. The Morgan fingerprint density at radius 2 is 2.00 bits per heavy atom. The van der Waals surface area contributed by atoms with E-state index in [2.05, 4.69) is 10.6 Å². The highest BCUT2D eigenvalue weighted by molar-refractivity contribution is 5.95. The van der Waals surface area contributed by atoms with Gasteiger partial charge in [0.15, 0.2) is 11.5 Å². The van der Waals surface area contributed by atoms with E-state index in [1.807, 2.05) is 6.92 Å². The molecule has 11 heteroatoms. The quantitative estimate of drug-likeness (QED) is 0.459. The molecule has 0 saturated heterocycles. The predicted octanol–water partition coefficient (Wildman–Crippen LogP) is 1.53. The summed E-state index contributed by atoms with van der Waals surface area (Å²) in [6.07, 6.45) is 1.01. The van der Waals surface area contributed by atoms with Crippen LogP contribution in [0.2, 0.25) is 0 Å². The molecule has 0 aromatic heterocycles. The molecule has 0 bridgehead atoms. The third-order valence-electron chi connectivity index (χ3n) is 3.35. The minimum absolute atomic E-state index is 0. The van der Waals surface area contributed by atoms with Crippen molar-refractivity contribution in [3.63, 3.8) is 0 Å². The van der Waals surface area contributed by atoms with Crippen molar-refractivity contribution >= 4 is 35.7 Å². The summed E-state index contributed by atoms with van der Waals surface area (Å²) in [6.45, 7) is 1.49. The van der Waals surface area contributed by atoms with Crippen molar-refractivity contribution in [1.29, 1.82) is 0 Å². The van der Waals surface area contributed by atoms with Crippen LogP contribution in [0.3, 0.4) is 0 Å². The number of rotatable bonds is 8. The third kappa shape index (κ3) is 5.19. The van der Waals surface area contributed by atoms with Gasteiger partial charge in [0.05, 0.1) is 17.5 Å². The molecule has 0 spiro atoms. The van der Waals surface area contributed by atoms with E-state index in [-0.39, 0.29) is 42.9 Å². The van der Waals surface area contributed by atoms with Crippen molar-refractivity contribution in [1.82, 2.24) is 5.32 Å². The summed E-state index contributed by atoms with van der Waals surface area (Å²) in [4.78, 5) is 33.4. The second-order valence-electron chi connectivity index (χ2n) is 5.09. The number of fused-ring (bicyclic) bond motifs is 1. The van der Waals surface area contributed by atoms with E-state index in [4.69, 9.17) is 14.6 Å². The average Bonchev–Trinajstić information content (AvgIpc) is 2.97. The molecule has 1 heterocycles. The SMILES string of the molecule is CCCC(NCC(=O)Nc1cc2c(cc1[N+](=O)[O-])OCO2)C(=O)O.Cl. The Kier molecular flexibility index (Phi) is 7.40. The number of hydrogen-bond acceptors (Lipinski definition) is 7. The van der Waals surface area contributed by atoms with Gasteiger partial charge in [0.2, 0.25) is 12.7 Å². The molecule has 1 amide bonds. The zero-order valence-electron chi connectivity index (χ0n) is 13.3. The monoisotopic (exact) mass is 375 g/mol. The Morgan fingerprint density at radius 3 is 2.56 bits per heavy atom. The van der Waals surface area contributed by atoms with E-state index in [0.29, 0.717) is 18.6 Å². The van der Waals surface area contributed by atoms with Crippen LogP contribution in [-0.4, -0.2) is 41.3 Å². The van der Waals surface area contributed by atoms with Crippen LogP contribution in [0.4, 0.5) is 11.4 Å². The molecule has 1 aliphatic heterocycles. The number of benzene rings is 1. The first-order valence-electron chi connectivity index (χ1n) is 7.26. The number of nitrogens with one attached hydrogen (secondary N) is 2. The first-order chi connectivity index (χ1) is 11.4. The molecular formula is C14H18ClN3O7. The Balaban J connectivity index is 0.00000312. The summed E-state index contributed by atoms with van der Waals surface area (Å²) >= 11 is 0. The van der Waals surface area contributed by atoms with Crippen molar-refractivity contribution in [3.8, 4) is 11.5 Å². The molecule has 2 rings (SSSR count). The molecule has 0 saturated carbocycles. The molecule has 1 aromatic rings. The highest BCUT2D eigenvalue weighted by atomic mass is 35.5. The van der Waals surface area contributed by atoms with E-state index in [0.717, 1.165) is 0 Å². The summed E-state index contributed by atoms with van der Waals surface area (Å²) in [6, 6.07) is 1.62. The number of nitro groups is 1. The predicted molar refractivity (Wildman–Crippen MR) is 89.4 cm³/mol. The molecule has 0 radical (unpaired) electrons. The normalized spacial score (nSPS) is 12.8. The Morgan fingerprint density at radius 1 is 1.36 bits per heavy atom.